The number of pyridine rings is 1. The van der Waals surface area contributed by atoms with E-state index in [9.17, 15) is 22.8 Å². The van der Waals surface area contributed by atoms with E-state index in [1.807, 2.05) is 6.92 Å². The zero-order valence-corrected chi connectivity index (χ0v) is 22.0. The minimum absolute atomic E-state index is 0.0156. The van der Waals surface area contributed by atoms with Crippen LogP contribution in [0.3, 0.4) is 0 Å². The van der Waals surface area contributed by atoms with Gasteiger partial charge in [0.1, 0.15) is 11.4 Å². The lowest BCUT2D eigenvalue weighted by molar-refractivity contribution is -0.141. The van der Waals surface area contributed by atoms with Gasteiger partial charge in [0.2, 0.25) is 0 Å². The topological polar surface area (TPSA) is 86.1 Å². The highest BCUT2D eigenvalue weighted by Gasteiger charge is 2.33. The molecule has 3 rings (SSSR count). The Morgan fingerprint density at radius 1 is 1.22 bits per heavy atom. The Bertz CT molecular complexity index is 1270. The molecule has 0 aliphatic carbocycles. The number of hydrogen-bond donors (Lipinski definition) is 1. The minimum Gasteiger partial charge on any atom is -0.334 e. The van der Waals surface area contributed by atoms with Gasteiger partial charge in [0, 0.05) is 28.4 Å². The smallest absolute Gasteiger partial charge is 0.334 e. The van der Waals surface area contributed by atoms with E-state index in [1.54, 1.807) is 16.9 Å². The number of hydrogen-bond acceptors (Lipinski definition) is 5. The van der Waals surface area contributed by atoms with Gasteiger partial charge in [0.05, 0.1) is 17.3 Å². The van der Waals surface area contributed by atoms with Crippen LogP contribution in [0.1, 0.15) is 60.7 Å². The summed E-state index contributed by atoms with van der Waals surface area (Å²) in [4.78, 5) is 27.6. The van der Waals surface area contributed by atoms with E-state index in [0.29, 0.717) is 23.7 Å². The molecule has 1 unspecified atom stereocenters. The van der Waals surface area contributed by atoms with Crippen LogP contribution in [0.15, 0.2) is 36.5 Å². The molecule has 0 saturated heterocycles. The van der Waals surface area contributed by atoms with Gasteiger partial charge in [-0.2, -0.15) is 18.3 Å². The molecule has 0 aliphatic heterocycles. The van der Waals surface area contributed by atoms with Gasteiger partial charge in [-0.05, 0) is 50.1 Å². The third kappa shape index (κ3) is 6.44. The standard InChI is InChI=1S/C25H31F3N4O3S/c1-16(35-36(5,6)24(2,3)4)10-11-32-14-17-12-20(18(15-33)13-21(17)31-32)30-23(34)19-8-7-9-22(29-19)25(26,27)28/h7-9,12-16H,10-11H2,1-6H3,(H,30,34). The van der Waals surface area contributed by atoms with E-state index < -0.39 is 33.8 Å². The summed E-state index contributed by atoms with van der Waals surface area (Å²) in [5.41, 5.74) is -0.713. The lowest BCUT2D eigenvalue weighted by atomic mass is 10.1. The fourth-order valence-corrected chi connectivity index (χ4v) is 4.49. The molecule has 1 atom stereocenters. The molecule has 0 spiro atoms. The van der Waals surface area contributed by atoms with Crippen LogP contribution in [0.5, 0.6) is 0 Å². The van der Waals surface area contributed by atoms with Crippen molar-refractivity contribution < 1.29 is 26.9 Å². The zero-order chi connectivity index (χ0) is 26.9. The normalized spacial score (nSPS) is 14.0. The fourth-order valence-electron chi connectivity index (χ4n) is 3.28. The van der Waals surface area contributed by atoms with E-state index in [4.69, 9.17) is 4.18 Å². The molecule has 2 heterocycles. The van der Waals surface area contributed by atoms with E-state index >= 15 is 0 Å². The number of anilines is 1. The van der Waals surface area contributed by atoms with Crippen LogP contribution in [0.2, 0.25) is 0 Å². The summed E-state index contributed by atoms with van der Waals surface area (Å²) in [7, 11) is -1.26. The van der Waals surface area contributed by atoms with Crippen molar-refractivity contribution in [1.82, 2.24) is 14.8 Å². The first-order valence-electron chi connectivity index (χ1n) is 11.3. The Morgan fingerprint density at radius 2 is 1.92 bits per heavy atom. The van der Waals surface area contributed by atoms with Crippen molar-refractivity contribution in [3.63, 3.8) is 0 Å². The number of fused-ring (bicyclic) bond motifs is 1. The van der Waals surface area contributed by atoms with Crippen molar-refractivity contribution in [3.8, 4) is 0 Å². The number of carbonyl (C=O) groups is 2. The summed E-state index contributed by atoms with van der Waals surface area (Å²) in [6.07, 6.45) is 2.71. The first-order chi connectivity index (χ1) is 16.6. The Balaban J connectivity index is 1.76. The molecule has 0 saturated carbocycles. The van der Waals surface area contributed by atoms with Crippen molar-refractivity contribution in [2.45, 2.75) is 57.7 Å². The first kappa shape index (κ1) is 27.7. The number of benzene rings is 1. The number of carbonyl (C=O) groups excluding carboxylic acids is 2. The second kappa shape index (κ2) is 10.2. The summed E-state index contributed by atoms with van der Waals surface area (Å²) in [6, 6.07) is 6.16. The maximum absolute atomic E-state index is 12.9. The second-order valence-electron chi connectivity index (χ2n) is 9.91. The van der Waals surface area contributed by atoms with Crippen molar-refractivity contribution >= 4 is 39.1 Å². The Kier molecular flexibility index (Phi) is 7.85. The number of aryl methyl sites for hydroxylation is 1. The molecule has 7 nitrogen and oxygen atoms in total. The van der Waals surface area contributed by atoms with Gasteiger partial charge in [0.25, 0.3) is 5.91 Å². The number of nitrogens with one attached hydrogen (secondary N) is 1. The van der Waals surface area contributed by atoms with E-state index in [0.717, 1.165) is 18.6 Å². The summed E-state index contributed by atoms with van der Waals surface area (Å²) in [6.45, 7) is 9.11. The first-order valence-corrected chi connectivity index (χ1v) is 13.7. The highest BCUT2D eigenvalue weighted by Crippen LogP contribution is 2.54. The maximum atomic E-state index is 12.9. The van der Waals surface area contributed by atoms with E-state index in [-0.39, 0.29) is 22.1 Å². The Morgan fingerprint density at radius 3 is 2.53 bits per heavy atom. The van der Waals surface area contributed by atoms with Crippen molar-refractivity contribution in [1.29, 1.82) is 0 Å². The molecule has 1 aromatic carbocycles. The molecule has 0 bridgehead atoms. The van der Waals surface area contributed by atoms with E-state index in [1.165, 1.54) is 12.1 Å². The third-order valence-corrected chi connectivity index (χ3v) is 9.77. The average molecular weight is 525 g/mol. The fraction of sp³-hybridized carbons (Fsp3) is 0.440. The molecular formula is C25H31F3N4O3S. The monoisotopic (exact) mass is 524 g/mol. The number of halogens is 3. The van der Waals surface area contributed by atoms with Crippen LogP contribution >= 0.6 is 10.3 Å². The van der Waals surface area contributed by atoms with Gasteiger partial charge >= 0.3 is 6.18 Å². The maximum Gasteiger partial charge on any atom is 0.433 e. The molecule has 36 heavy (non-hydrogen) atoms. The average Bonchev–Trinajstić information content (AvgIpc) is 3.17. The van der Waals surface area contributed by atoms with Crippen LogP contribution in [0.4, 0.5) is 18.9 Å². The molecule has 2 aromatic heterocycles. The third-order valence-electron chi connectivity index (χ3n) is 6.01. The molecule has 3 aromatic rings. The van der Waals surface area contributed by atoms with Gasteiger partial charge in [-0.1, -0.05) is 26.8 Å². The quantitative estimate of drug-likeness (QED) is 0.361. The lowest BCUT2D eigenvalue weighted by Gasteiger charge is -2.45. The largest absolute Gasteiger partial charge is 0.433 e. The molecule has 0 aliphatic rings. The molecule has 0 radical (unpaired) electrons. The van der Waals surface area contributed by atoms with Crippen LogP contribution in [0, 0.1) is 0 Å². The molecule has 1 N–H and O–H groups in total. The summed E-state index contributed by atoms with van der Waals surface area (Å²) in [5.74, 6) is -0.856. The van der Waals surface area contributed by atoms with Crippen LogP contribution < -0.4 is 5.32 Å². The van der Waals surface area contributed by atoms with Gasteiger partial charge in [0.15, 0.2) is 6.29 Å². The predicted octanol–water partition coefficient (Wildman–Crippen LogP) is 6.09. The highest BCUT2D eigenvalue weighted by molar-refractivity contribution is 8.29. The van der Waals surface area contributed by atoms with Gasteiger partial charge < -0.3 is 9.50 Å². The predicted molar refractivity (Wildman–Crippen MR) is 137 cm³/mol. The Hall–Kier alpha value is -2.92. The molecular weight excluding hydrogens is 493 g/mol. The van der Waals surface area contributed by atoms with Crippen LogP contribution in [0.25, 0.3) is 10.9 Å². The summed E-state index contributed by atoms with van der Waals surface area (Å²) < 4.78 is 47.0. The second-order valence-corrected chi connectivity index (χ2v) is 13.8. The van der Waals surface area contributed by atoms with Gasteiger partial charge in [-0.25, -0.2) is 4.98 Å². The van der Waals surface area contributed by atoms with Crippen LogP contribution in [-0.4, -0.2) is 50.3 Å². The summed E-state index contributed by atoms with van der Waals surface area (Å²) in [5, 5.41) is 7.68. The van der Waals surface area contributed by atoms with E-state index in [2.05, 4.69) is 48.7 Å². The number of amides is 1. The van der Waals surface area contributed by atoms with Crippen molar-refractivity contribution in [3.05, 3.63) is 53.5 Å². The zero-order valence-electron chi connectivity index (χ0n) is 21.1. The molecule has 11 heteroatoms. The van der Waals surface area contributed by atoms with Gasteiger partial charge in [-0.3, -0.25) is 14.3 Å². The molecule has 0 fully saturated rings. The number of alkyl halides is 3. The highest BCUT2D eigenvalue weighted by atomic mass is 32.3. The summed E-state index contributed by atoms with van der Waals surface area (Å²) >= 11 is 0. The lowest BCUT2D eigenvalue weighted by Crippen LogP contribution is -2.28. The number of aromatic nitrogens is 3. The number of aldehydes is 1. The number of rotatable bonds is 8. The van der Waals surface area contributed by atoms with Crippen molar-refractivity contribution in [2.24, 2.45) is 0 Å². The minimum atomic E-state index is -4.68. The Labute approximate surface area is 209 Å². The molecule has 196 valence electrons. The number of nitrogens with zero attached hydrogens (tertiary/aromatic N) is 3. The molecule has 1 amide bonds. The SMILES string of the molecule is CC(CCn1cc2cc(NC(=O)c3cccc(C(F)(F)F)n3)c(C=O)cc2n1)OS(C)(C)C(C)(C)C. The van der Waals surface area contributed by atoms with Crippen LogP contribution in [-0.2, 0) is 16.9 Å². The van der Waals surface area contributed by atoms with Crippen molar-refractivity contribution in [2.75, 3.05) is 17.8 Å². The van der Waals surface area contributed by atoms with Gasteiger partial charge in [-0.15, -0.1) is 10.3 Å².